The summed E-state index contributed by atoms with van der Waals surface area (Å²) in [5.74, 6) is -0.254. The molecule has 25 heavy (non-hydrogen) atoms. The normalized spacial score (nSPS) is 11.8. The van der Waals surface area contributed by atoms with E-state index < -0.39 is 0 Å². The smallest absolute Gasteiger partial charge is 0.258 e. The molecule has 0 fully saturated rings. The molecule has 0 aliphatic rings. The second-order valence-electron chi connectivity index (χ2n) is 5.54. The Labute approximate surface area is 146 Å². The van der Waals surface area contributed by atoms with E-state index in [2.05, 4.69) is 5.32 Å². The van der Waals surface area contributed by atoms with E-state index in [0.29, 0.717) is 5.75 Å². The zero-order chi connectivity index (χ0) is 18.1. The van der Waals surface area contributed by atoms with Crippen LogP contribution in [0.5, 0.6) is 5.75 Å². The number of aryl methyl sites for hydroxylation is 1. The first kappa shape index (κ1) is 18.9. The number of aliphatic hydroxyl groups excluding tert-OH is 1. The van der Waals surface area contributed by atoms with Crippen LogP contribution in [0.3, 0.4) is 0 Å². The highest BCUT2D eigenvalue weighted by Gasteiger charge is 2.14. The lowest BCUT2D eigenvalue weighted by molar-refractivity contribution is -0.123. The number of hydrogen-bond donors (Lipinski definition) is 2. The van der Waals surface area contributed by atoms with Crippen molar-refractivity contribution in [2.75, 3.05) is 26.4 Å². The standard InChI is InChI=1S/C19H22FNO4/c1-14-2-4-15(5-3-14)18(24-11-10-22)12-21-19(23)13-25-17-8-6-16(20)7-9-17/h2-9,18,22H,10-13H2,1H3,(H,21,23)/t18-/m1/s1. The fraction of sp³-hybridized carbons (Fsp3) is 0.316. The van der Waals surface area contributed by atoms with E-state index in [4.69, 9.17) is 14.6 Å². The van der Waals surface area contributed by atoms with Crippen molar-refractivity contribution in [3.8, 4) is 5.75 Å². The fourth-order valence-corrected chi connectivity index (χ4v) is 2.19. The van der Waals surface area contributed by atoms with E-state index >= 15 is 0 Å². The van der Waals surface area contributed by atoms with Crippen LogP contribution in [-0.2, 0) is 9.53 Å². The van der Waals surface area contributed by atoms with Crippen LogP contribution in [0.4, 0.5) is 4.39 Å². The molecule has 2 rings (SSSR count). The lowest BCUT2D eigenvalue weighted by Gasteiger charge is -2.19. The number of benzene rings is 2. The van der Waals surface area contributed by atoms with Crippen molar-refractivity contribution < 1.29 is 23.8 Å². The number of carbonyl (C=O) groups excluding carboxylic acids is 1. The molecular formula is C19H22FNO4. The topological polar surface area (TPSA) is 67.8 Å². The first-order valence-electron chi connectivity index (χ1n) is 8.02. The van der Waals surface area contributed by atoms with Crippen molar-refractivity contribution in [2.24, 2.45) is 0 Å². The molecule has 0 saturated carbocycles. The van der Waals surface area contributed by atoms with Crippen molar-refractivity contribution in [1.82, 2.24) is 5.32 Å². The summed E-state index contributed by atoms with van der Waals surface area (Å²) in [6.45, 7) is 2.16. The zero-order valence-electron chi connectivity index (χ0n) is 14.1. The van der Waals surface area contributed by atoms with Crippen LogP contribution in [0.15, 0.2) is 48.5 Å². The van der Waals surface area contributed by atoms with Crippen LogP contribution in [0.2, 0.25) is 0 Å². The summed E-state index contributed by atoms with van der Waals surface area (Å²) in [6, 6.07) is 13.2. The second kappa shape index (κ2) is 9.76. The van der Waals surface area contributed by atoms with Crippen LogP contribution in [0, 0.1) is 12.7 Å². The van der Waals surface area contributed by atoms with Gasteiger partial charge in [-0.05, 0) is 36.8 Å². The predicted octanol–water partition coefficient (Wildman–Crippen LogP) is 2.38. The van der Waals surface area contributed by atoms with Gasteiger partial charge in [-0.3, -0.25) is 4.79 Å². The van der Waals surface area contributed by atoms with Crippen LogP contribution in [0.25, 0.3) is 0 Å². The van der Waals surface area contributed by atoms with Crippen molar-refractivity contribution >= 4 is 5.91 Å². The largest absolute Gasteiger partial charge is 0.484 e. The molecule has 0 spiro atoms. The molecule has 0 radical (unpaired) electrons. The van der Waals surface area contributed by atoms with E-state index in [-0.39, 0.29) is 44.2 Å². The van der Waals surface area contributed by atoms with E-state index in [1.807, 2.05) is 31.2 Å². The Hall–Kier alpha value is -2.44. The highest BCUT2D eigenvalue weighted by Crippen LogP contribution is 2.17. The molecule has 0 aliphatic heterocycles. The van der Waals surface area contributed by atoms with Gasteiger partial charge in [0.2, 0.25) is 0 Å². The molecule has 6 heteroatoms. The molecular weight excluding hydrogens is 325 g/mol. The van der Waals surface area contributed by atoms with Gasteiger partial charge in [0, 0.05) is 6.54 Å². The van der Waals surface area contributed by atoms with Gasteiger partial charge >= 0.3 is 0 Å². The Kier molecular flexibility index (Phi) is 7.37. The van der Waals surface area contributed by atoms with Crippen LogP contribution in [0.1, 0.15) is 17.2 Å². The Balaban J connectivity index is 1.84. The van der Waals surface area contributed by atoms with Crippen LogP contribution >= 0.6 is 0 Å². The summed E-state index contributed by atoms with van der Waals surface area (Å²) in [7, 11) is 0. The quantitative estimate of drug-likeness (QED) is 0.731. The van der Waals surface area contributed by atoms with Gasteiger partial charge in [-0.1, -0.05) is 29.8 Å². The number of hydrogen-bond acceptors (Lipinski definition) is 4. The molecule has 1 amide bonds. The highest BCUT2D eigenvalue weighted by atomic mass is 19.1. The van der Waals surface area contributed by atoms with Gasteiger partial charge in [0.05, 0.1) is 19.3 Å². The third kappa shape index (κ3) is 6.52. The molecule has 0 bridgehead atoms. The summed E-state index contributed by atoms with van der Waals surface area (Å²) in [5.41, 5.74) is 2.04. The van der Waals surface area contributed by atoms with E-state index in [1.165, 1.54) is 24.3 Å². The number of ether oxygens (including phenoxy) is 2. The average molecular weight is 347 g/mol. The number of rotatable bonds is 9. The Morgan fingerprint density at radius 3 is 2.48 bits per heavy atom. The molecule has 2 aromatic carbocycles. The fourth-order valence-electron chi connectivity index (χ4n) is 2.19. The molecule has 0 saturated heterocycles. The number of halogens is 1. The van der Waals surface area contributed by atoms with Crippen molar-refractivity contribution in [3.63, 3.8) is 0 Å². The maximum Gasteiger partial charge on any atom is 0.258 e. The van der Waals surface area contributed by atoms with E-state index in [0.717, 1.165) is 11.1 Å². The van der Waals surface area contributed by atoms with Gasteiger partial charge in [-0.2, -0.15) is 0 Å². The summed E-state index contributed by atoms with van der Waals surface area (Å²) in [5, 5.41) is 11.7. The molecule has 134 valence electrons. The van der Waals surface area contributed by atoms with Crippen LogP contribution < -0.4 is 10.1 Å². The number of aliphatic hydroxyl groups is 1. The summed E-state index contributed by atoms with van der Waals surface area (Å²) >= 11 is 0. The van der Waals surface area contributed by atoms with Gasteiger partial charge < -0.3 is 19.9 Å². The second-order valence-corrected chi connectivity index (χ2v) is 5.54. The van der Waals surface area contributed by atoms with Gasteiger partial charge in [-0.25, -0.2) is 4.39 Å². The SMILES string of the molecule is Cc1ccc([C@@H](CNC(=O)COc2ccc(F)cc2)OCCO)cc1. The van der Waals surface area contributed by atoms with Crippen LogP contribution in [-0.4, -0.2) is 37.4 Å². The van der Waals surface area contributed by atoms with Crippen molar-refractivity contribution in [1.29, 1.82) is 0 Å². The van der Waals surface area contributed by atoms with E-state index in [9.17, 15) is 9.18 Å². The minimum atomic E-state index is -0.362. The Morgan fingerprint density at radius 2 is 1.84 bits per heavy atom. The molecule has 2 aromatic rings. The predicted molar refractivity (Wildman–Crippen MR) is 91.9 cm³/mol. The highest BCUT2D eigenvalue weighted by molar-refractivity contribution is 5.77. The monoisotopic (exact) mass is 347 g/mol. The third-order valence-electron chi connectivity index (χ3n) is 3.53. The van der Waals surface area contributed by atoms with Gasteiger partial charge in [0.15, 0.2) is 6.61 Å². The average Bonchev–Trinajstić information content (AvgIpc) is 2.62. The first-order chi connectivity index (χ1) is 12.1. The number of carbonyl (C=O) groups is 1. The summed E-state index contributed by atoms with van der Waals surface area (Å²) < 4.78 is 23.7. The molecule has 2 N–H and O–H groups in total. The number of amides is 1. The maximum absolute atomic E-state index is 12.8. The third-order valence-corrected chi connectivity index (χ3v) is 3.53. The molecule has 0 heterocycles. The molecule has 0 unspecified atom stereocenters. The zero-order valence-corrected chi connectivity index (χ0v) is 14.1. The van der Waals surface area contributed by atoms with Gasteiger partial charge in [-0.15, -0.1) is 0 Å². The van der Waals surface area contributed by atoms with E-state index in [1.54, 1.807) is 0 Å². The van der Waals surface area contributed by atoms with Gasteiger partial charge in [0.1, 0.15) is 11.6 Å². The first-order valence-corrected chi connectivity index (χ1v) is 8.02. The van der Waals surface area contributed by atoms with Gasteiger partial charge in [0.25, 0.3) is 5.91 Å². The lowest BCUT2D eigenvalue weighted by atomic mass is 10.1. The van der Waals surface area contributed by atoms with Crippen molar-refractivity contribution in [3.05, 3.63) is 65.5 Å². The summed E-state index contributed by atoms with van der Waals surface area (Å²) in [4.78, 5) is 11.9. The maximum atomic E-state index is 12.8. The molecule has 0 aromatic heterocycles. The molecule has 1 atom stereocenters. The van der Waals surface area contributed by atoms with Crippen molar-refractivity contribution in [2.45, 2.75) is 13.0 Å². The lowest BCUT2D eigenvalue weighted by Crippen LogP contribution is -2.33. The minimum Gasteiger partial charge on any atom is -0.484 e. The number of nitrogens with one attached hydrogen (secondary N) is 1. The molecule has 0 aliphatic carbocycles. The molecule has 5 nitrogen and oxygen atoms in total. The minimum absolute atomic E-state index is 0.0933. The summed E-state index contributed by atoms with van der Waals surface area (Å²) in [6.07, 6.45) is -0.359. The Morgan fingerprint density at radius 1 is 1.16 bits per heavy atom. The Bertz CT molecular complexity index is 658.